The van der Waals surface area contributed by atoms with E-state index in [1.165, 1.54) is 27.4 Å². The van der Waals surface area contributed by atoms with Gasteiger partial charge in [-0.1, -0.05) is 12.1 Å². The first-order valence-corrected chi connectivity index (χ1v) is 12.7. The number of nitrogens with zero attached hydrogens (tertiary/aromatic N) is 3. The number of nitrogens with one attached hydrogen (secondary N) is 3. The highest BCUT2D eigenvalue weighted by Gasteiger charge is 2.33. The summed E-state index contributed by atoms with van der Waals surface area (Å²) in [4.78, 5) is 74.3. The number of H-pyrrole nitrogens is 2. The van der Waals surface area contributed by atoms with Crippen molar-refractivity contribution < 1.29 is 77.6 Å². The number of hydrogen-bond donors (Lipinski definition) is 5. The van der Waals surface area contributed by atoms with Gasteiger partial charge in [-0.2, -0.15) is 44.5 Å². The number of methoxy groups -OCH3 is 4. The van der Waals surface area contributed by atoms with Crippen LogP contribution in [-0.2, 0) is 36.1 Å². The van der Waals surface area contributed by atoms with Crippen LogP contribution < -0.4 is 28.2 Å². The average Bonchev–Trinajstić information content (AvgIpc) is 3.04. The predicted molar refractivity (Wildman–Crippen MR) is 154 cm³/mol. The Bertz CT molecular complexity index is 1650. The van der Waals surface area contributed by atoms with Gasteiger partial charge in [0.05, 0.1) is 7.11 Å². The molecule has 0 aromatic carbocycles. The van der Waals surface area contributed by atoms with Crippen molar-refractivity contribution in [3.63, 3.8) is 0 Å². The van der Waals surface area contributed by atoms with Crippen molar-refractivity contribution in [3.05, 3.63) is 74.4 Å². The second kappa shape index (κ2) is 22.7. The minimum Gasteiger partial charge on any atom is -0.464 e. The lowest BCUT2D eigenvalue weighted by molar-refractivity contribution is -0.252. The zero-order valence-electron chi connectivity index (χ0n) is 26.6. The zero-order chi connectivity index (χ0) is 40.9. The van der Waals surface area contributed by atoms with Crippen LogP contribution in [0.4, 0.5) is 49.1 Å². The first kappa shape index (κ1) is 48.2. The van der Waals surface area contributed by atoms with Gasteiger partial charge in [0.1, 0.15) is 22.8 Å². The summed E-state index contributed by atoms with van der Waals surface area (Å²) >= 11 is 0. The molecule has 0 unspecified atom stereocenters. The van der Waals surface area contributed by atoms with Crippen LogP contribution in [-0.4, -0.2) is 90.3 Å². The fourth-order valence-corrected chi connectivity index (χ4v) is 2.46. The monoisotopic (exact) mass is 770 g/mol. The van der Waals surface area contributed by atoms with Crippen LogP contribution in [0.25, 0.3) is 11.5 Å². The summed E-state index contributed by atoms with van der Waals surface area (Å²) in [6.07, 6.45) is -14.9. The summed E-state index contributed by atoms with van der Waals surface area (Å²) in [6, 6.07) is 4.24. The lowest BCUT2D eigenvalue weighted by Crippen LogP contribution is -2.38. The maximum absolute atomic E-state index is 12.4. The Morgan fingerprint density at radius 2 is 1.19 bits per heavy atom. The van der Waals surface area contributed by atoms with Crippen molar-refractivity contribution in [2.45, 2.75) is 25.0 Å². The van der Waals surface area contributed by atoms with Gasteiger partial charge in [-0.05, 0) is 24.3 Å². The largest absolute Gasteiger partial charge is 0.464 e. The number of imide groups is 1. The molecule has 4 amide bonds. The number of pyridine rings is 2. The number of nitrogens with two attached hydrogens (primary N) is 2. The molecule has 0 fully saturated rings. The summed E-state index contributed by atoms with van der Waals surface area (Å²) in [5.41, 5.74) is 4.20. The molecule has 27 heteroatoms. The Labute approximate surface area is 283 Å². The van der Waals surface area contributed by atoms with Gasteiger partial charge in [0.25, 0.3) is 6.48 Å². The Hall–Kier alpha value is -5.96. The molecule has 0 atom stereocenters. The molecule has 0 saturated carbocycles. The molecule has 0 saturated heterocycles. The van der Waals surface area contributed by atoms with Crippen molar-refractivity contribution >= 4 is 24.3 Å². The number of aromatic amines is 2. The van der Waals surface area contributed by atoms with Gasteiger partial charge in [-0.15, -0.1) is 0 Å². The number of amides is 4. The van der Waals surface area contributed by atoms with Crippen molar-refractivity contribution in [1.29, 1.82) is 0 Å². The molecule has 52 heavy (non-hydrogen) atoms. The summed E-state index contributed by atoms with van der Waals surface area (Å²) in [7, 11) is 5.61. The third-order valence-electron chi connectivity index (χ3n) is 4.34. The number of halogens is 9. The van der Waals surface area contributed by atoms with E-state index in [0.29, 0.717) is 0 Å². The maximum Gasteiger partial charge on any atom is 0.446 e. The topological polar surface area (TPSA) is 274 Å². The summed E-state index contributed by atoms with van der Waals surface area (Å²) in [6.45, 7) is -0.514. The lowest BCUT2D eigenvalue weighted by atomic mass is 10.3. The molecule has 3 aromatic rings. The van der Waals surface area contributed by atoms with Gasteiger partial charge in [0, 0.05) is 21.3 Å². The van der Waals surface area contributed by atoms with Crippen molar-refractivity contribution in [2.24, 2.45) is 11.5 Å². The third-order valence-corrected chi connectivity index (χ3v) is 4.34. The Balaban J connectivity index is 0. The molecule has 0 radical (unpaired) electrons. The zero-order valence-corrected chi connectivity index (χ0v) is 26.6. The number of aldehydes is 1. The van der Waals surface area contributed by atoms with E-state index in [0.717, 1.165) is 37.4 Å². The maximum atomic E-state index is 12.4. The quantitative estimate of drug-likeness (QED) is 0.108. The van der Waals surface area contributed by atoms with Crippen LogP contribution in [0, 0.1) is 0 Å². The molecule has 3 aromatic heterocycles. The molecule has 3 rings (SSSR count). The Morgan fingerprint density at radius 3 is 1.52 bits per heavy atom. The molecule has 0 aliphatic heterocycles. The summed E-state index contributed by atoms with van der Waals surface area (Å²) < 4.78 is 123. The van der Waals surface area contributed by atoms with E-state index in [-0.39, 0.29) is 17.2 Å². The van der Waals surface area contributed by atoms with Crippen LogP contribution >= 0.6 is 0 Å². The van der Waals surface area contributed by atoms with Gasteiger partial charge < -0.3 is 30.4 Å². The van der Waals surface area contributed by atoms with Crippen molar-refractivity contribution in [1.82, 2.24) is 30.2 Å². The molecular weight excluding hydrogens is 743 g/mol. The minimum absolute atomic E-state index is 0.243. The van der Waals surface area contributed by atoms with Gasteiger partial charge in [-0.25, -0.2) is 33.9 Å². The van der Waals surface area contributed by atoms with E-state index in [4.69, 9.17) is 4.79 Å². The third kappa shape index (κ3) is 21.9. The van der Waals surface area contributed by atoms with Gasteiger partial charge in [-0.3, -0.25) is 20.1 Å². The Morgan fingerprint density at radius 1 is 0.750 bits per heavy atom. The smallest absolute Gasteiger partial charge is 0.446 e. The number of ether oxygens (including phenoxy) is 4. The molecule has 0 aliphatic rings. The second-order valence-electron chi connectivity index (χ2n) is 8.16. The van der Waals surface area contributed by atoms with Crippen LogP contribution in [0.5, 0.6) is 0 Å². The van der Waals surface area contributed by atoms with Gasteiger partial charge in [0.15, 0.2) is 5.82 Å². The fourth-order valence-electron chi connectivity index (χ4n) is 2.46. The van der Waals surface area contributed by atoms with E-state index in [2.05, 4.69) is 50.4 Å². The number of rotatable bonds is 5. The van der Waals surface area contributed by atoms with E-state index in [1.54, 1.807) is 10.3 Å². The van der Waals surface area contributed by atoms with Gasteiger partial charge in [0.2, 0.25) is 6.29 Å². The Kier molecular flexibility index (Phi) is 21.0. The number of hydrogen-bond acceptors (Lipinski definition) is 13. The predicted octanol–water partition coefficient (Wildman–Crippen LogP) is 2.12. The van der Waals surface area contributed by atoms with Crippen LogP contribution in [0.2, 0.25) is 0 Å². The summed E-state index contributed by atoms with van der Waals surface area (Å²) in [5.74, 6) is -1.22. The van der Waals surface area contributed by atoms with Crippen molar-refractivity contribution in [2.75, 3.05) is 28.4 Å². The van der Waals surface area contributed by atoms with Gasteiger partial charge >= 0.3 is 47.9 Å². The highest BCUT2D eigenvalue weighted by Crippen LogP contribution is 2.29. The molecule has 3 heterocycles. The van der Waals surface area contributed by atoms with E-state index in [9.17, 15) is 63.5 Å². The number of primary amides is 2. The van der Waals surface area contributed by atoms with Crippen LogP contribution in [0.3, 0.4) is 0 Å². The van der Waals surface area contributed by atoms with Crippen molar-refractivity contribution in [3.8, 4) is 11.5 Å². The number of carbonyl (C=O) groups excluding carboxylic acids is 4. The lowest BCUT2D eigenvalue weighted by Gasteiger charge is -2.08. The number of esters is 1. The fraction of sp³-hybridized carbons (Fsp3) is 0.320. The van der Waals surface area contributed by atoms with Crippen LogP contribution in [0.15, 0.2) is 46.0 Å². The molecule has 0 spiro atoms. The molecule has 0 aliphatic carbocycles. The molecule has 7 N–H and O–H groups in total. The molecular formula is C25H27F9N8O10. The SMILES string of the molecule is COC(=O)c1cccc(C(F)(F)F)n1.COC(OC)OC.NC(=O)NC(N)=O.O=CC(F)(F)F.O=c1nc(-c2cccc(C(F)(F)F)n2)[nH]c(=O)[nH]1. The highest BCUT2D eigenvalue weighted by atomic mass is 19.4. The number of alkyl halides is 9. The number of urea groups is 2. The minimum atomic E-state index is -4.64. The number of carbonyl (C=O) groups is 4. The molecule has 18 nitrogen and oxygen atoms in total. The average molecular weight is 771 g/mol. The molecule has 290 valence electrons. The standard InChI is InChI=1S/C9H5F3N4O2.C8H6F3NO2.C4H10O3.C2HF3O.C2H5N3O2/c10-9(11,12)5-3-1-2-4(13-5)6-14-7(17)16-8(18)15-6;1-14-7(13)5-3-2-4-6(12-5)8(9,10)11;1-5-4(6-2)7-3;3-2(4,5)1-6;3-1(6)5-2(4)7/h1-3H,(H2,14,15,16,17,18);2-4H,1H3;4H,1-3H3;1H;(H5,3,4,5,6,7). The van der Waals surface area contributed by atoms with E-state index in [1.807, 2.05) is 0 Å². The van der Waals surface area contributed by atoms with E-state index < -0.39 is 72.1 Å². The van der Waals surface area contributed by atoms with E-state index >= 15 is 0 Å². The van der Waals surface area contributed by atoms with Crippen LogP contribution in [0.1, 0.15) is 21.9 Å². The highest BCUT2D eigenvalue weighted by molar-refractivity contribution is 5.91. The molecule has 0 bridgehead atoms. The number of aromatic nitrogens is 5. The normalized spacial score (nSPS) is 10.7. The summed E-state index contributed by atoms with van der Waals surface area (Å²) in [5, 5.41) is 1.58. The first-order chi connectivity index (χ1) is 23.8. The second-order valence-corrected chi connectivity index (χ2v) is 8.16. The first-order valence-electron chi connectivity index (χ1n) is 12.7.